The highest BCUT2D eigenvalue weighted by atomic mass is 32.1. The van der Waals surface area contributed by atoms with Crippen LogP contribution in [0, 0.1) is 6.92 Å². The molecule has 5 heteroatoms. The van der Waals surface area contributed by atoms with Gasteiger partial charge in [0.25, 0.3) is 5.91 Å². The molecule has 3 aromatic rings. The van der Waals surface area contributed by atoms with Gasteiger partial charge in [0.15, 0.2) is 0 Å². The highest BCUT2D eigenvalue weighted by molar-refractivity contribution is 7.09. The first-order valence-corrected chi connectivity index (χ1v) is 9.14. The molecule has 1 aliphatic carbocycles. The number of aryl methyl sites for hydroxylation is 1. The van der Waals surface area contributed by atoms with Gasteiger partial charge in [0.2, 0.25) is 0 Å². The molecule has 0 aliphatic heterocycles. The molecule has 2 aromatic heterocycles. The Labute approximate surface area is 145 Å². The summed E-state index contributed by atoms with van der Waals surface area (Å²) < 4.78 is 0. The molecule has 1 saturated carbocycles. The summed E-state index contributed by atoms with van der Waals surface area (Å²) in [4.78, 5) is 21.9. The summed E-state index contributed by atoms with van der Waals surface area (Å²) in [5, 5.41) is 7.34. The second-order valence-corrected chi connectivity index (χ2v) is 7.31. The Morgan fingerprint density at radius 3 is 2.79 bits per heavy atom. The third kappa shape index (κ3) is 2.69. The number of pyridine rings is 1. The van der Waals surface area contributed by atoms with E-state index in [0.717, 1.165) is 47.3 Å². The molecule has 0 radical (unpaired) electrons. The fourth-order valence-electron chi connectivity index (χ4n) is 3.43. The van der Waals surface area contributed by atoms with Gasteiger partial charge in [-0.15, -0.1) is 11.3 Å². The van der Waals surface area contributed by atoms with Crippen molar-refractivity contribution in [3.8, 4) is 0 Å². The third-order valence-corrected chi connectivity index (χ3v) is 5.86. The quantitative estimate of drug-likeness (QED) is 0.779. The Balaban J connectivity index is 1.65. The molecule has 122 valence electrons. The largest absolute Gasteiger partial charge is 0.340 e. The van der Waals surface area contributed by atoms with Gasteiger partial charge in [0, 0.05) is 22.7 Å². The van der Waals surface area contributed by atoms with Crippen molar-refractivity contribution >= 4 is 28.1 Å². The Kier molecular flexibility index (Phi) is 3.81. The summed E-state index contributed by atoms with van der Waals surface area (Å²) >= 11 is 1.64. The SMILES string of the molecule is Cc1csc(C2(NC(=O)c3cnc4ccccc4c3)CCCC2)n1. The fraction of sp³-hybridized carbons (Fsp3) is 0.316. The molecular formula is C19H19N3OS. The summed E-state index contributed by atoms with van der Waals surface area (Å²) in [5.41, 5.74) is 2.21. The topological polar surface area (TPSA) is 54.9 Å². The molecule has 1 N–H and O–H groups in total. The van der Waals surface area contributed by atoms with Crippen LogP contribution in [-0.4, -0.2) is 15.9 Å². The van der Waals surface area contributed by atoms with Crippen LogP contribution >= 0.6 is 11.3 Å². The molecule has 0 bridgehead atoms. The number of amides is 1. The molecule has 1 aliphatic rings. The van der Waals surface area contributed by atoms with Crippen molar-refractivity contribution in [2.24, 2.45) is 0 Å². The molecule has 2 heterocycles. The lowest BCUT2D eigenvalue weighted by atomic mass is 9.97. The number of carbonyl (C=O) groups is 1. The monoisotopic (exact) mass is 337 g/mol. The Morgan fingerprint density at radius 2 is 2.04 bits per heavy atom. The predicted molar refractivity (Wildman–Crippen MR) is 96.2 cm³/mol. The van der Waals surface area contributed by atoms with E-state index in [4.69, 9.17) is 0 Å². The van der Waals surface area contributed by atoms with E-state index in [2.05, 4.69) is 20.7 Å². The van der Waals surface area contributed by atoms with E-state index in [0.29, 0.717) is 5.56 Å². The minimum atomic E-state index is -0.318. The number of para-hydroxylation sites is 1. The van der Waals surface area contributed by atoms with Gasteiger partial charge in [-0.3, -0.25) is 9.78 Å². The van der Waals surface area contributed by atoms with Crippen molar-refractivity contribution in [2.45, 2.75) is 38.1 Å². The third-order valence-electron chi connectivity index (χ3n) is 4.69. The minimum absolute atomic E-state index is 0.0667. The van der Waals surface area contributed by atoms with Gasteiger partial charge in [0.05, 0.1) is 16.6 Å². The van der Waals surface area contributed by atoms with Crippen molar-refractivity contribution in [3.63, 3.8) is 0 Å². The summed E-state index contributed by atoms with van der Waals surface area (Å²) in [6.07, 6.45) is 5.80. The number of carbonyl (C=O) groups excluding carboxylic acids is 1. The molecule has 0 atom stereocenters. The van der Waals surface area contributed by atoms with Gasteiger partial charge >= 0.3 is 0 Å². The first kappa shape index (κ1) is 15.3. The van der Waals surface area contributed by atoms with Crippen molar-refractivity contribution in [1.82, 2.24) is 15.3 Å². The van der Waals surface area contributed by atoms with Crippen LogP contribution in [0.25, 0.3) is 10.9 Å². The van der Waals surface area contributed by atoms with Crippen LogP contribution < -0.4 is 5.32 Å². The van der Waals surface area contributed by atoms with E-state index in [1.165, 1.54) is 0 Å². The number of thiazole rings is 1. The van der Waals surface area contributed by atoms with Gasteiger partial charge in [-0.2, -0.15) is 0 Å². The van der Waals surface area contributed by atoms with Crippen molar-refractivity contribution in [2.75, 3.05) is 0 Å². The molecule has 1 fully saturated rings. The maximum absolute atomic E-state index is 12.9. The van der Waals surface area contributed by atoms with E-state index < -0.39 is 0 Å². The number of nitrogens with zero attached hydrogens (tertiary/aromatic N) is 2. The fourth-order valence-corrected chi connectivity index (χ4v) is 4.44. The zero-order valence-electron chi connectivity index (χ0n) is 13.6. The molecular weight excluding hydrogens is 318 g/mol. The van der Waals surface area contributed by atoms with Gasteiger partial charge in [0.1, 0.15) is 5.01 Å². The Bertz CT molecular complexity index is 896. The zero-order valence-corrected chi connectivity index (χ0v) is 14.4. The molecule has 1 aromatic carbocycles. The van der Waals surface area contributed by atoms with Crippen LogP contribution in [-0.2, 0) is 5.54 Å². The molecule has 0 spiro atoms. The number of benzene rings is 1. The van der Waals surface area contributed by atoms with Crippen molar-refractivity contribution < 1.29 is 4.79 Å². The molecule has 24 heavy (non-hydrogen) atoms. The highest BCUT2D eigenvalue weighted by Crippen LogP contribution is 2.40. The zero-order chi connectivity index (χ0) is 16.6. The van der Waals surface area contributed by atoms with E-state index in [1.807, 2.05) is 37.3 Å². The number of fused-ring (bicyclic) bond motifs is 1. The van der Waals surface area contributed by atoms with Gasteiger partial charge < -0.3 is 5.32 Å². The van der Waals surface area contributed by atoms with Crippen LogP contribution in [0.2, 0.25) is 0 Å². The Hall–Kier alpha value is -2.27. The smallest absolute Gasteiger partial charge is 0.253 e. The van der Waals surface area contributed by atoms with Gasteiger partial charge in [-0.05, 0) is 31.9 Å². The molecule has 1 amide bonds. The van der Waals surface area contributed by atoms with Gasteiger partial charge in [-0.25, -0.2) is 4.98 Å². The standard InChI is InChI=1S/C19H19N3OS/c1-13-12-24-18(21-13)19(8-4-5-9-19)22-17(23)15-10-14-6-2-3-7-16(14)20-11-15/h2-3,6-7,10-12H,4-5,8-9H2,1H3,(H,22,23). The average molecular weight is 337 g/mol. The highest BCUT2D eigenvalue weighted by Gasteiger charge is 2.39. The number of hydrogen-bond acceptors (Lipinski definition) is 4. The predicted octanol–water partition coefficient (Wildman–Crippen LogP) is 4.20. The van der Waals surface area contributed by atoms with E-state index >= 15 is 0 Å². The molecule has 4 rings (SSSR count). The summed E-state index contributed by atoms with van der Waals surface area (Å²) in [7, 11) is 0. The summed E-state index contributed by atoms with van der Waals surface area (Å²) in [5.74, 6) is -0.0667. The van der Waals surface area contributed by atoms with Crippen molar-refractivity contribution in [1.29, 1.82) is 0 Å². The molecule has 0 unspecified atom stereocenters. The second kappa shape index (κ2) is 5.98. The van der Waals surface area contributed by atoms with Crippen LogP contribution in [0.5, 0.6) is 0 Å². The number of nitrogens with one attached hydrogen (secondary N) is 1. The summed E-state index contributed by atoms with van der Waals surface area (Å²) in [6, 6.07) is 9.76. The van der Waals surface area contributed by atoms with Crippen LogP contribution in [0.1, 0.15) is 46.7 Å². The maximum Gasteiger partial charge on any atom is 0.253 e. The van der Waals surface area contributed by atoms with Crippen LogP contribution in [0.4, 0.5) is 0 Å². The van der Waals surface area contributed by atoms with Crippen LogP contribution in [0.3, 0.4) is 0 Å². The lowest BCUT2D eigenvalue weighted by Crippen LogP contribution is -2.43. The van der Waals surface area contributed by atoms with Crippen LogP contribution in [0.15, 0.2) is 41.9 Å². The molecule has 0 saturated heterocycles. The van der Waals surface area contributed by atoms with Crippen molar-refractivity contribution in [3.05, 3.63) is 58.2 Å². The maximum atomic E-state index is 12.9. The lowest BCUT2D eigenvalue weighted by molar-refractivity contribution is 0.0897. The summed E-state index contributed by atoms with van der Waals surface area (Å²) in [6.45, 7) is 2.00. The van der Waals surface area contributed by atoms with E-state index in [1.54, 1.807) is 17.5 Å². The number of hydrogen-bond donors (Lipinski definition) is 1. The number of rotatable bonds is 3. The molecule has 4 nitrogen and oxygen atoms in total. The Morgan fingerprint density at radius 1 is 1.25 bits per heavy atom. The lowest BCUT2D eigenvalue weighted by Gasteiger charge is -2.28. The second-order valence-electron chi connectivity index (χ2n) is 6.45. The first-order chi connectivity index (χ1) is 11.7. The number of aromatic nitrogens is 2. The average Bonchev–Trinajstić information content (AvgIpc) is 3.24. The van der Waals surface area contributed by atoms with E-state index in [-0.39, 0.29) is 11.4 Å². The van der Waals surface area contributed by atoms with Gasteiger partial charge in [-0.1, -0.05) is 31.0 Å². The van der Waals surface area contributed by atoms with E-state index in [9.17, 15) is 4.79 Å². The minimum Gasteiger partial charge on any atom is -0.340 e. The normalized spacial score (nSPS) is 16.4. The first-order valence-electron chi connectivity index (χ1n) is 8.26.